The smallest absolute Gasteiger partial charge is 0.146 e. The van der Waals surface area contributed by atoms with Gasteiger partial charge < -0.3 is 14.7 Å². The van der Waals surface area contributed by atoms with Gasteiger partial charge in [0, 0.05) is 23.7 Å². The predicted molar refractivity (Wildman–Crippen MR) is 120 cm³/mol. The van der Waals surface area contributed by atoms with Gasteiger partial charge in [-0.2, -0.15) is 0 Å². The molecule has 0 radical (unpaired) electrons. The summed E-state index contributed by atoms with van der Waals surface area (Å²) in [4.78, 5) is 11.8. The molecule has 0 amide bonds. The molecule has 2 aliphatic rings. The van der Waals surface area contributed by atoms with Gasteiger partial charge in [0.25, 0.3) is 0 Å². The van der Waals surface area contributed by atoms with Gasteiger partial charge in [0.1, 0.15) is 11.5 Å². The first-order valence-electron chi connectivity index (χ1n) is 11.2. The lowest BCUT2D eigenvalue weighted by molar-refractivity contribution is 0.303. The van der Waals surface area contributed by atoms with Crippen LogP contribution in [0.4, 0.5) is 0 Å². The van der Waals surface area contributed by atoms with Crippen LogP contribution in [0.3, 0.4) is 0 Å². The highest BCUT2D eigenvalue weighted by atomic mass is 16.5. The molecular formula is C25H33N3O. The fourth-order valence-corrected chi connectivity index (χ4v) is 4.58. The number of hydrogen-bond acceptors (Lipinski definition) is 2. The van der Waals surface area contributed by atoms with Crippen molar-refractivity contribution < 1.29 is 4.74 Å². The summed E-state index contributed by atoms with van der Waals surface area (Å²) in [6.07, 6.45) is 17.8. The van der Waals surface area contributed by atoms with Gasteiger partial charge in [-0.1, -0.05) is 39.0 Å². The monoisotopic (exact) mass is 391 g/mol. The summed E-state index contributed by atoms with van der Waals surface area (Å²) in [5.74, 6) is 1.43. The number of rotatable bonds is 4. The predicted octanol–water partition coefficient (Wildman–Crippen LogP) is 6.50. The molecule has 4 heteroatoms. The maximum Gasteiger partial charge on any atom is 0.146 e. The lowest BCUT2D eigenvalue weighted by atomic mass is 9.89. The Morgan fingerprint density at radius 1 is 1.17 bits per heavy atom. The van der Waals surface area contributed by atoms with Crippen molar-refractivity contribution >= 4 is 11.8 Å². The number of H-pyrrole nitrogens is 2. The third-order valence-electron chi connectivity index (χ3n) is 6.25. The van der Waals surface area contributed by atoms with E-state index in [0.717, 1.165) is 29.3 Å². The molecule has 2 N–H and O–H groups in total. The average molecular weight is 392 g/mol. The number of aryl methyl sites for hydroxylation is 1. The van der Waals surface area contributed by atoms with Crippen LogP contribution in [0.5, 0.6) is 0 Å². The van der Waals surface area contributed by atoms with Crippen molar-refractivity contribution in [2.45, 2.75) is 70.6 Å². The molecule has 2 aromatic rings. The minimum Gasteiger partial charge on any atom is -0.494 e. The van der Waals surface area contributed by atoms with Crippen molar-refractivity contribution in [3.05, 3.63) is 64.6 Å². The number of nitrogens with zero attached hydrogens (tertiary/aromatic N) is 1. The van der Waals surface area contributed by atoms with E-state index in [-0.39, 0.29) is 0 Å². The van der Waals surface area contributed by atoms with E-state index in [2.05, 4.69) is 29.0 Å². The van der Waals surface area contributed by atoms with Crippen LogP contribution in [-0.2, 0) is 11.2 Å². The van der Waals surface area contributed by atoms with Gasteiger partial charge in [0.2, 0.25) is 0 Å². The number of ether oxygens (including phenoxy) is 1. The number of nitrogens with one attached hydrogen (secondary N) is 2. The standard InChI is InChI=1S/C25H33N3O/c1-3-18-11-8-6-4-5-7-9-12-19-15-20(18)22(27-19)16-24-25(29-2)17-23(28-24)21-13-10-14-26-21/h10,13-18,26-27H,3-9,11-12H2,1-2H3/t18-/m0/s1. The van der Waals surface area contributed by atoms with Crippen LogP contribution in [-0.4, -0.2) is 22.8 Å². The Hall–Kier alpha value is -2.49. The third-order valence-corrected chi connectivity index (χ3v) is 6.25. The van der Waals surface area contributed by atoms with E-state index in [4.69, 9.17) is 9.73 Å². The Morgan fingerprint density at radius 3 is 2.76 bits per heavy atom. The van der Waals surface area contributed by atoms with E-state index in [1.54, 1.807) is 7.11 Å². The third kappa shape index (κ3) is 4.58. The zero-order valence-corrected chi connectivity index (χ0v) is 17.8. The number of allylic oxidation sites excluding steroid dienone is 1. The van der Waals surface area contributed by atoms with Gasteiger partial charge in [-0.25, -0.2) is 4.99 Å². The molecular weight excluding hydrogens is 358 g/mol. The van der Waals surface area contributed by atoms with Crippen LogP contribution in [0, 0.1) is 0 Å². The maximum atomic E-state index is 5.65. The molecule has 154 valence electrons. The number of methoxy groups -OCH3 is 1. The Bertz CT molecular complexity index is 899. The Labute approximate surface area is 174 Å². The van der Waals surface area contributed by atoms with Crippen LogP contribution in [0.15, 0.2) is 46.9 Å². The van der Waals surface area contributed by atoms with E-state index in [1.807, 2.05) is 24.4 Å². The van der Waals surface area contributed by atoms with E-state index < -0.39 is 0 Å². The largest absolute Gasteiger partial charge is 0.494 e. The van der Waals surface area contributed by atoms with Crippen molar-refractivity contribution in [2.75, 3.05) is 7.11 Å². The van der Waals surface area contributed by atoms with Crippen LogP contribution < -0.4 is 0 Å². The lowest BCUT2D eigenvalue weighted by Crippen LogP contribution is -1.99. The summed E-state index contributed by atoms with van der Waals surface area (Å²) in [6.45, 7) is 2.32. The molecule has 1 aliphatic carbocycles. The summed E-state index contributed by atoms with van der Waals surface area (Å²) in [5.41, 5.74) is 6.85. The molecule has 2 aromatic heterocycles. The first-order chi connectivity index (χ1) is 14.3. The summed E-state index contributed by atoms with van der Waals surface area (Å²) >= 11 is 0. The molecule has 0 saturated carbocycles. The Kier molecular flexibility index (Phi) is 6.38. The van der Waals surface area contributed by atoms with Crippen LogP contribution in [0.25, 0.3) is 6.08 Å². The molecule has 29 heavy (non-hydrogen) atoms. The normalized spacial score (nSPS) is 22.0. The highest BCUT2D eigenvalue weighted by Gasteiger charge is 2.21. The molecule has 1 aliphatic heterocycles. The SMILES string of the molecule is CC[C@H]1CCCCCCCCc2cc1c(C=C1N=C(c3ccc[nH]3)C=C1OC)[nH]2. The van der Waals surface area contributed by atoms with Crippen molar-refractivity contribution in [3.63, 3.8) is 0 Å². The van der Waals surface area contributed by atoms with Gasteiger partial charge in [-0.15, -0.1) is 0 Å². The van der Waals surface area contributed by atoms with Crippen LogP contribution in [0.2, 0.25) is 0 Å². The quantitative estimate of drug-likeness (QED) is 0.614. The molecule has 4 nitrogen and oxygen atoms in total. The zero-order chi connectivity index (χ0) is 20.1. The van der Waals surface area contributed by atoms with E-state index in [0.29, 0.717) is 5.92 Å². The highest BCUT2D eigenvalue weighted by molar-refractivity contribution is 6.11. The molecule has 0 spiro atoms. The molecule has 0 aromatic carbocycles. The average Bonchev–Trinajstić information content (AvgIpc) is 3.46. The first-order valence-corrected chi connectivity index (χ1v) is 11.2. The van der Waals surface area contributed by atoms with E-state index in [9.17, 15) is 0 Å². The fraction of sp³-hybridized carbons (Fsp3) is 0.480. The van der Waals surface area contributed by atoms with E-state index >= 15 is 0 Å². The molecule has 4 rings (SSSR count). The van der Waals surface area contributed by atoms with Gasteiger partial charge in [0.15, 0.2) is 0 Å². The summed E-state index contributed by atoms with van der Waals surface area (Å²) in [6, 6.07) is 6.45. The van der Waals surface area contributed by atoms with Crippen molar-refractivity contribution in [1.82, 2.24) is 9.97 Å². The number of hydrogen-bond donors (Lipinski definition) is 2. The first kappa shape index (κ1) is 19.8. The molecule has 0 unspecified atom stereocenters. The summed E-state index contributed by atoms with van der Waals surface area (Å²) in [7, 11) is 1.72. The van der Waals surface area contributed by atoms with Crippen molar-refractivity contribution in [3.8, 4) is 0 Å². The van der Waals surface area contributed by atoms with Crippen molar-refractivity contribution in [1.29, 1.82) is 0 Å². The summed E-state index contributed by atoms with van der Waals surface area (Å²) < 4.78 is 5.65. The summed E-state index contributed by atoms with van der Waals surface area (Å²) in [5, 5.41) is 0. The minimum atomic E-state index is 0.606. The van der Waals surface area contributed by atoms with Crippen LogP contribution >= 0.6 is 0 Å². The topological polar surface area (TPSA) is 53.2 Å². The lowest BCUT2D eigenvalue weighted by Gasteiger charge is -2.15. The van der Waals surface area contributed by atoms with Gasteiger partial charge >= 0.3 is 0 Å². The molecule has 2 bridgehead atoms. The fourth-order valence-electron chi connectivity index (χ4n) is 4.58. The second-order valence-electron chi connectivity index (χ2n) is 8.25. The van der Waals surface area contributed by atoms with E-state index in [1.165, 1.54) is 68.3 Å². The van der Waals surface area contributed by atoms with Gasteiger partial charge in [0.05, 0.1) is 18.5 Å². The zero-order valence-electron chi connectivity index (χ0n) is 17.8. The second kappa shape index (κ2) is 9.34. The number of aromatic nitrogens is 2. The second-order valence-corrected chi connectivity index (χ2v) is 8.25. The molecule has 0 fully saturated rings. The highest BCUT2D eigenvalue weighted by Crippen LogP contribution is 2.33. The molecule has 1 atom stereocenters. The number of fused-ring (bicyclic) bond motifs is 2. The minimum absolute atomic E-state index is 0.606. The Balaban J connectivity index is 1.69. The number of aromatic amines is 2. The maximum absolute atomic E-state index is 5.65. The van der Waals surface area contributed by atoms with Crippen LogP contribution in [0.1, 0.15) is 86.9 Å². The van der Waals surface area contributed by atoms with Gasteiger partial charge in [-0.05, 0) is 61.4 Å². The van der Waals surface area contributed by atoms with Gasteiger partial charge in [-0.3, -0.25) is 0 Å². The van der Waals surface area contributed by atoms with Crippen molar-refractivity contribution in [2.24, 2.45) is 4.99 Å². The molecule has 3 heterocycles. The number of aliphatic imine (C=N–C) groups is 1. The Morgan fingerprint density at radius 2 is 2.00 bits per heavy atom. The molecule has 0 saturated heterocycles.